The van der Waals surface area contributed by atoms with Crippen LogP contribution in [0.15, 0.2) is 12.4 Å². The molecule has 1 fully saturated rings. The minimum absolute atomic E-state index is 0. The number of aromatic nitrogens is 2. The van der Waals surface area contributed by atoms with Gasteiger partial charge in [-0.3, -0.25) is 0 Å². The van der Waals surface area contributed by atoms with Crippen molar-refractivity contribution in [3.8, 4) is 0 Å². The van der Waals surface area contributed by atoms with E-state index in [0.717, 1.165) is 50.2 Å². The maximum atomic E-state index is 10.7. The Morgan fingerprint density at radius 3 is 2.80 bits per heavy atom. The van der Waals surface area contributed by atoms with Crippen molar-refractivity contribution in [2.45, 2.75) is 19.4 Å². The predicted octanol–water partition coefficient (Wildman–Crippen LogP) is -1.95. The fourth-order valence-electron chi connectivity index (χ4n) is 2.43. The molecule has 0 saturated carbocycles. The summed E-state index contributed by atoms with van der Waals surface area (Å²) >= 11 is 0. The third-order valence-electron chi connectivity index (χ3n) is 3.75. The van der Waals surface area contributed by atoms with Crippen molar-refractivity contribution in [3.05, 3.63) is 22.5 Å². The van der Waals surface area contributed by atoms with Gasteiger partial charge >= 0.3 is 5.95 Å². The summed E-state index contributed by atoms with van der Waals surface area (Å²) in [5, 5.41) is 10.7. The van der Waals surface area contributed by atoms with Crippen molar-refractivity contribution < 1.29 is 38.1 Å². The van der Waals surface area contributed by atoms with Gasteiger partial charge in [-0.15, -0.1) is 0 Å². The quantitative estimate of drug-likeness (QED) is 0.184. The Bertz CT molecular complexity index is 432. The zero-order valence-electron chi connectivity index (χ0n) is 11.7. The van der Waals surface area contributed by atoms with Crippen LogP contribution in [0.1, 0.15) is 12.8 Å². The highest BCUT2D eigenvalue weighted by Gasteiger charge is 2.24. The summed E-state index contributed by atoms with van der Waals surface area (Å²) in [7, 11) is 2.25. The van der Waals surface area contributed by atoms with Crippen molar-refractivity contribution in [2.75, 3.05) is 39.9 Å². The molecule has 2 rings (SSSR count). The molecule has 0 unspecified atom stereocenters. The Hall–Kier alpha value is -0.740. The number of rotatable bonds is 6. The van der Waals surface area contributed by atoms with Crippen molar-refractivity contribution >= 4 is 5.95 Å². The molecule has 1 aromatic rings. The zero-order valence-corrected chi connectivity index (χ0v) is 13.9. The number of hydrogen-bond donors (Lipinski definition) is 0. The highest BCUT2D eigenvalue weighted by Crippen LogP contribution is 2.12. The van der Waals surface area contributed by atoms with Gasteiger partial charge in [-0.05, 0) is 17.8 Å². The number of unbranched alkanes of at least 4 members (excludes halogenated alkanes) is 1. The average molecular weight is 396 g/mol. The average Bonchev–Trinajstić information content (AvgIpc) is 2.84. The molecule has 20 heavy (non-hydrogen) atoms. The summed E-state index contributed by atoms with van der Waals surface area (Å²) in [4.78, 5) is 14.0. The summed E-state index contributed by atoms with van der Waals surface area (Å²) in [6, 6.07) is 0. The second-order valence-electron chi connectivity index (χ2n) is 5.29. The molecule has 0 spiro atoms. The highest BCUT2D eigenvalue weighted by molar-refractivity contribution is 5.06. The fraction of sp³-hybridized carbons (Fsp3) is 0.750. The number of nitrogens with zero attached hydrogens (tertiary/aromatic N) is 4. The summed E-state index contributed by atoms with van der Waals surface area (Å²) < 4.78 is 8.03. The van der Waals surface area contributed by atoms with Gasteiger partial charge in [0.05, 0.1) is 33.4 Å². The van der Waals surface area contributed by atoms with Crippen LogP contribution in [0, 0.1) is 10.1 Å². The predicted molar refractivity (Wildman–Crippen MR) is 69.7 cm³/mol. The van der Waals surface area contributed by atoms with Gasteiger partial charge in [0.25, 0.3) is 0 Å². The number of hydrogen-bond acceptors (Lipinski definition) is 4. The maximum absolute atomic E-state index is 10.7. The van der Waals surface area contributed by atoms with Crippen LogP contribution >= 0.6 is 0 Å². The van der Waals surface area contributed by atoms with Gasteiger partial charge in [0.1, 0.15) is 25.5 Å². The largest absolute Gasteiger partial charge is 1.00 e. The smallest absolute Gasteiger partial charge is 0.434 e. The molecule has 0 bridgehead atoms. The lowest BCUT2D eigenvalue weighted by Gasteiger charge is -2.37. The molecular formula is C12H21IN4O3. The SMILES string of the molecule is C[N+]1(CCCCn2ccnc2[N+](=O)[O-])CCOCC1.[I-]. The number of halogens is 1. The van der Waals surface area contributed by atoms with Gasteiger partial charge in [0.2, 0.25) is 0 Å². The Labute approximate surface area is 135 Å². The van der Waals surface area contributed by atoms with Crippen molar-refractivity contribution in [1.82, 2.24) is 9.55 Å². The van der Waals surface area contributed by atoms with E-state index in [1.54, 1.807) is 10.8 Å². The van der Waals surface area contributed by atoms with Crippen LogP contribution < -0.4 is 24.0 Å². The lowest BCUT2D eigenvalue weighted by molar-refractivity contribution is -0.917. The number of ether oxygens (including phenoxy) is 1. The minimum atomic E-state index is -0.435. The molecule has 1 aliphatic heterocycles. The Kier molecular flexibility index (Phi) is 6.83. The Morgan fingerprint density at radius 2 is 2.15 bits per heavy atom. The lowest BCUT2D eigenvalue weighted by atomic mass is 10.2. The van der Waals surface area contributed by atoms with Crippen LogP contribution in [-0.2, 0) is 11.3 Å². The molecule has 0 aliphatic carbocycles. The summed E-state index contributed by atoms with van der Waals surface area (Å²) in [5.41, 5.74) is 0. The zero-order chi connectivity index (χ0) is 13.7. The minimum Gasteiger partial charge on any atom is -1.00 e. The Balaban J connectivity index is 0.00000200. The van der Waals surface area contributed by atoms with Crippen LogP contribution in [0.2, 0.25) is 0 Å². The van der Waals surface area contributed by atoms with Crippen molar-refractivity contribution in [2.24, 2.45) is 0 Å². The van der Waals surface area contributed by atoms with Gasteiger partial charge in [-0.1, -0.05) is 4.98 Å². The van der Waals surface area contributed by atoms with E-state index in [4.69, 9.17) is 4.74 Å². The van der Waals surface area contributed by atoms with Gasteiger partial charge in [0, 0.05) is 0 Å². The first kappa shape index (κ1) is 17.3. The number of aryl methyl sites for hydroxylation is 1. The molecule has 0 aromatic carbocycles. The normalized spacial score (nSPS) is 17.4. The van der Waals surface area contributed by atoms with Crippen LogP contribution in [0.25, 0.3) is 0 Å². The molecule has 1 saturated heterocycles. The number of quaternary nitrogens is 1. The molecule has 0 amide bonds. The summed E-state index contributed by atoms with van der Waals surface area (Å²) in [6.45, 7) is 5.56. The fourth-order valence-corrected chi connectivity index (χ4v) is 2.43. The number of nitro groups is 1. The first-order valence-corrected chi connectivity index (χ1v) is 6.68. The maximum Gasteiger partial charge on any atom is 0.434 e. The van der Waals surface area contributed by atoms with E-state index >= 15 is 0 Å². The topological polar surface area (TPSA) is 70.2 Å². The van der Waals surface area contributed by atoms with E-state index < -0.39 is 4.92 Å². The molecular weight excluding hydrogens is 375 g/mol. The van der Waals surface area contributed by atoms with Crippen LogP contribution in [0.4, 0.5) is 5.95 Å². The summed E-state index contributed by atoms with van der Waals surface area (Å²) in [6.07, 6.45) is 5.15. The second-order valence-corrected chi connectivity index (χ2v) is 5.29. The number of morpholine rings is 1. The highest BCUT2D eigenvalue weighted by atomic mass is 127. The van der Waals surface area contributed by atoms with E-state index in [1.165, 1.54) is 6.20 Å². The van der Waals surface area contributed by atoms with E-state index in [9.17, 15) is 10.1 Å². The third kappa shape index (κ3) is 4.67. The van der Waals surface area contributed by atoms with E-state index in [2.05, 4.69) is 12.0 Å². The molecule has 1 aromatic heterocycles. The summed E-state index contributed by atoms with van der Waals surface area (Å²) in [5.74, 6) is -0.0632. The van der Waals surface area contributed by atoms with Gasteiger partial charge in [-0.25, -0.2) is 4.57 Å². The van der Waals surface area contributed by atoms with E-state index in [0.29, 0.717) is 6.54 Å². The second kappa shape index (κ2) is 7.89. The van der Waals surface area contributed by atoms with Crippen LogP contribution in [-0.4, -0.2) is 58.9 Å². The van der Waals surface area contributed by atoms with Crippen LogP contribution in [0.3, 0.4) is 0 Å². The standard InChI is InChI=1S/C12H21N4O3.HI/c1-16(8-10-19-11-9-16)7-3-2-5-14-6-4-13-12(14)15(17)18;/h4,6H,2-3,5,7-11H2,1H3;1H/q+1;/p-1. The van der Waals surface area contributed by atoms with Crippen LogP contribution in [0.5, 0.6) is 0 Å². The van der Waals surface area contributed by atoms with Gasteiger partial charge < -0.3 is 43.3 Å². The monoisotopic (exact) mass is 396 g/mol. The molecule has 0 radical (unpaired) electrons. The first-order chi connectivity index (χ1) is 9.11. The van der Waals surface area contributed by atoms with E-state index in [-0.39, 0.29) is 29.9 Å². The lowest BCUT2D eigenvalue weighted by Crippen LogP contribution is -3.00. The van der Waals surface area contributed by atoms with Crippen molar-refractivity contribution in [3.63, 3.8) is 0 Å². The molecule has 1 aliphatic rings. The third-order valence-corrected chi connectivity index (χ3v) is 3.75. The molecule has 7 nitrogen and oxygen atoms in total. The van der Waals surface area contributed by atoms with Crippen molar-refractivity contribution in [1.29, 1.82) is 0 Å². The van der Waals surface area contributed by atoms with E-state index in [1.807, 2.05) is 0 Å². The van der Waals surface area contributed by atoms with Gasteiger partial charge in [0.15, 0.2) is 0 Å². The number of imidazole rings is 1. The molecule has 0 N–H and O–H groups in total. The molecule has 0 atom stereocenters. The Morgan fingerprint density at radius 1 is 1.45 bits per heavy atom. The molecule has 8 heteroatoms. The molecule has 114 valence electrons. The number of likely N-dealkylation sites (N-methyl/N-ethyl adjacent to an activating group) is 1. The molecule has 2 heterocycles. The first-order valence-electron chi connectivity index (χ1n) is 6.68. The van der Waals surface area contributed by atoms with Gasteiger partial charge in [-0.2, -0.15) is 0 Å².